The van der Waals surface area contributed by atoms with Crippen LogP contribution >= 0.6 is 0 Å². The van der Waals surface area contributed by atoms with Gasteiger partial charge >= 0.3 is 6.18 Å². The molecule has 1 aliphatic rings. The van der Waals surface area contributed by atoms with E-state index < -0.39 is 11.7 Å². The maximum absolute atomic E-state index is 12.4. The highest BCUT2D eigenvalue weighted by atomic mass is 19.4. The highest BCUT2D eigenvalue weighted by Crippen LogP contribution is 2.37. The van der Waals surface area contributed by atoms with Gasteiger partial charge in [-0.25, -0.2) is 0 Å². The van der Waals surface area contributed by atoms with Gasteiger partial charge in [-0.1, -0.05) is 19.1 Å². The fourth-order valence-corrected chi connectivity index (χ4v) is 2.01. The van der Waals surface area contributed by atoms with Gasteiger partial charge in [-0.3, -0.25) is 4.79 Å². The quantitative estimate of drug-likeness (QED) is 0.896. The van der Waals surface area contributed by atoms with Crippen LogP contribution in [0.5, 0.6) is 0 Å². The van der Waals surface area contributed by atoms with Crippen LogP contribution in [0.2, 0.25) is 0 Å². The zero-order valence-corrected chi connectivity index (χ0v) is 10.6. The smallest absolute Gasteiger partial charge is 0.356 e. The van der Waals surface area contributed by atoms with Crippen LogP contribution in [0.15, 0.2) is 24.3 Å². The molecule has 0 unspecified atom stereocenters. The van der Waals surface area contributed by atoms with E-state index in [1.165, 1.54) is 12.1 Å². The van der Waals surface area contributed by atoms with Crippen LogP contribution in [0.4, 0.5) is 13.2 Å². The van der Waals surface area contributed by atoms with Crippen LogP contribution in [-0.2, 0) is 17.4 Å². The molecule has 0 aromatic heterocycles. The molecule has 1 saturated carbocycles. The summed E-state index contributed by atoms with van der Waals surface area (Å²) >= 11 is 0. The van der Waals surface area contributed by atoms with Crippen molar-refractivity contribution in [2.75, 3.05) is 6.54 Å². The summed E-state index contributed by atoms with van der Waals surface area (Å²) in [6, 6.07) is 5.05. The maximum Gasteiger partial charge on any atom is 0.416 e. The molecular formula is C14H16F3NO. The van der Waals surface area contributed by atoms with Gasteiger partial charge < -0.3 is 5.32 Å². The largest absolute Gasteiger partial charge is 0.416 e. The highest BCUT2D eigenvalue weighted by molar-refractivity contribution is 5.81. The van der Waals surface area contributed by atoms with Crippen molar-refractivity contribution in [1.29, 1.82) is 0 Å². The zero-order chi connectivity index (χ0) is 14.0. The van der Waals surface area contributed by atoms with Crippen molar-refractivity contribution in [2.24, 2.45) is 11.8 Å². The monoisotopic (exact) mass is 271 g/mol. The van der Waals surface area contributed by atoms with Gasteiger partial charge in [-0.05, 0) is 36.5 Å². The summed E-state index contributed by atoms with van der Waals surface area (Å²) in [7, 11) is 0. The number of halogens is 3. The Hall–Kier alpha value is -1.52. The number of hydrogen-bond donors (Lipinski definition) is 1. The summed E-state index contributed by atoms with van der Waals surface area (Å²) in [5.41, 5.74) is 0.143. The fourth-order valence-electron chi connectivity index (χ4n) is 2.01. The molecule has 104 valence electrons. The van der Waals surface area contributed by atoms with Crippen LogP contribution in [0.1, 0.15) is 24.5 Å². The first-order valence-electron chi connectivity index (χ1n) is 6.32. The summed E-state index contributed by atoms with van der Waals surface area (Å²) < 4.78 is 37.1. The standard InChI is InChI=1S/C14H16F3NO/c1-9-8-12(9)13(19)18-7-6-10-2-4-11(5-3-10)14(15,16)17/h2-5,9,12H,6-8H2,1H3,(H,18,19)/t9-,12-/m0/s1. The third-order valence-corrected chi connectivity index (χ3v) is 3.44. The summed E-state index contributed by atoms with van der Waals surface area (Å²) in [4.78, 5) is 11.5. The number of nitrogens with one attached hydrogen (secondary N) is 1. The molecule has 2 nitrogen and oxygen atoms in total. The van der Waals surface area contributed by atoms with E-state index in [0.717, 1.165) is 24.1 Å². The number of carbonyl (C=O) groups excluding carboxylic acids is 1. The Kier molecular flexibility index (Phi) is 3.83. The molecule has 1 N–H and O–H groups in total. The van der Waals surface area contributed by atoms with Crippen LogP contribution < -0.4 is 5.32 Å². The molecule has 0 radical (unpaired) electrons. The first kappa shape index (κ1) is 13.9. The number of carbonyl (C=O) groups is 1. The van der Waals surface area contributed by atoms with Gasteiger partial charge in [0.05, 0.1) is 5.56 Å². The molecular weight excluding hydrogens is 255 g/mol. The van der Waals surface area contributed by atoms with Crippen molar-refractivity contribution in [2.45, 2.75) is 25.9 Å². The molecule has 1 fully saturated rings. The fraction of sp³-hybridized carbons (Fsp3) is 0.500. The molecule has 19 heavy (non-hydrogen) atoms. The molecule has 0 bridgehead atoms. The second-order valence-electron chi connectivity index (χ2n) is 5.06. The van der Waals surface area contributed by atoms with Crippen LogP contribution in [0.3, 0.4) is 0 Å². The van der Waals surface area contributed by atoms with Crippen molar-refractivity contribution in [3.63, 3.8) is 0 Å². The van der Waals surface area contributed by atoms with E-state index in [1.807, 2.05) is 6.92 Å². The topological polar surface area (TPSA) is 29.1 Å². The predicted octanol–water partition coefficient (Wildman–Crippen LogP) is 3.02. The lowest BCUT2D eigenvalue weighted by Crippen LogP contribution is -2.27. The Labute approximate surface area is 110 Å². The maximum atomic E-state index is 12.4. The summed E-state index contributed by atoms with van der Waals surface area (Å²) in [6.07, 6.45) is -2.81. The van der Waals surface area contributed by atoms with Gasteiger partial charge in [-0.15, -0.1) is 0 Å². The predicted molar refractivity (Wildman–Crippen MR) is 65.4 cm³/mol. The molecule has 0 spiro atoms. The molecule has 1 aromatic carbocycles. The minimum Gasteiger partial charge on any atom is -0.356 e. The number of alkyl halides is 3. The number of rotatable bonds is 4. The molecule has 2 atom stereocenters. The summed E-state index contributed by atoms with van der Waals surface area (Å²) in [5.74, 6) is 0.651. The van der Waals surface area contributed by atoms with E-state index in [4.69, 9.17) is 0 Å². The van der Waals surface area contributed by atoms with Crippen molar-refractivity contribution < 1.29 is 18.0 Å². The highest BCUT2D eigenvalue weighted by Gasteiger charge is 2.38. The summed E-state index contributed by atoms with van der Waals surface area (Å²) in [6.45, 7) is 2.49. The van der Waals surface area contributed by atoms with E-state index in [0.29, 0.717) is 18.9 Å². The Morgan fingerprint density at radius 1 is 1.32 bits per heavy atom. The molecule has 1 aliphatic carbocycles. The number of amides is 1. The minimum absolute atomic E-state index is 0.0550. The molecule has 1 amide bonds. The molecule has 1 aromatic rings. The van der Waals surface area contributed by atoms with Gasteiger partial charge in [0.25, 0.3) is 0 Å². The SMILES string of the molecule is C[C@H]1C[C@@H]1C(=O)NCCc1ccc(C(F)(F)F)cc1. The van der Waals surface area contributed by atoms with Crippen LogP contribution in [0, 0.1) is 11.8 Å². The third-order valence-electron chi connectivity index (χ3n) is 3.44. The van der Waals surface area contributed by atoms with Gasteiger partial charge in [0.1, 0.15) is 0 Å². The zero-order valence-electron chi connectivity index (χ0n) is 10.6. The molecule has 0 saturated heterocycles. The normalized spacial score (nSPS) is 22.1. The van der Waals surface area contributed by atoms with Crippen LogP contribution in [0.25, 0.3) is 0 Å². The van der Waals surface area contributed by atoms with Gasteiger partial charge in [-0.2, -0.15) is 13.2 Å². The lowest BCUT2D eigenvalue weighted by atomic mass is 10.1. The van der Waals surface area contributed by atoms with E-state index in [1.54, 1.807) is 0 Å². The van der Waals surface area contributed by atoms with E-state index in [-0.39, 0.29) is 11.8 Å². The van der Waals surface area contributed by atoms with Crippen LogP contribution in [-0.4, -0.2) is 12.5 Å². The lowest BCUT2D eigenvalue weighted by Gasteiger charge is -2.08. The second kappa shape index (κ2) is 5.23. The van der Waals surface area contributed by atoms with Gasteiger partial charge in [0.15, 0.2) is 0 Å². The molecule has 0 aliphatic heterocycles. The Morgan fingerprint density at radius 2 is 1.89 bits per heavy atom. The molecule has 0 heterocycles. The van der Waals surface area contributed by atoms with Crippen molar-refractivity contribution in [1.82, 2.24) is 5.32 Å². The first-order chi connectivity index (χ1) is 8.88. The third kappa shape index (κ3) is 3.72. The van der Waals surface area contributed by atoms with Crippen molar-refractivity contribution >= 4 is 5.91 Å². The van der Waals surface area contributed by atoms with E-state index in [2.05, 4.69) is 5.32 Å². The molecule has 2 rings (SSSR count). The summed E-state index contributed by atoms with van der Waals surface area (Å²) in [5, 5.41) is 2.81. The number of hydrogen-bond acceptors (Lipinski definition) is 1. The average molecular weight is 271 g/mol. The van der Waals surface area contributed by atoms with E-state index >= 15 is 0 Å². The average Bonchev–Trinajstić information content (AvgIpc) is 3.06. The van der Waals surface area contributed by atoms with Gasteiger partial charge in [0.2, 0.25) is 5.91 Å². The first-order valence-corrected chi connectivity index (χ1v) is 6.32. The molecule has 5 heteroatoms. The number of benzene rings is 1. The minimum atomic E-state index is -4.30. The lowest BCUT2D eigenvalue weighted by molar-refractivity contribution is -0.137. The van der Waals surface area contributed by atoms with E-state index in [9.17, 15) is 18.0 Å². The van der Waals surface area contributed by atoms with Gasteiger partial charge in [0, 0.05) is 12.5 Å². The van der Waals surface area contributed by atoms with Crippen molar-refractivity contribution in [3.05, 3.63) is 35.4 Å². The van der Waals surface area contributed by atoms with Crippen molar-refractivity contribution in [3.8, 4) is 0 Å². The second-order valence-corrected chi connectivity index (χ2v) is 5.06. The Morgan fingerprint density at radius 3 is 2.37 bits per heavy atom. The Balaban J connectivity index is 1.79. The Bertz CT molecular complexity index is 453.